The van der Waals surface area contributed by atoms with Gasteiger partial charge in [0.25, 0.3) is 15.9 Å². The van der Waals surface area contributed by atoms with E-state index < -0.39 is 10.0 Å². The number of hydrogen-bond acceptors (Lipinski definition) is 4. The summed E-state index contributed by atoms with van der Waals surface area (Å²) in [6.07, 6.45) is 0.732. The first-order valence-electron chi connectivity index (χ1n) is 8.31. The minimum Gasteiger partial charge on any atom is -0.385 e. The Kier molecular flexibility index (Phi) is 6.76. The number of benzene rings is 2. The van der Waals surface area contributed by atoms with Crippen molar-refractivity contribution >= 4 is 21.6 Å². The lowest BCUT2D eigenvalue weighted by atomic mass is 10.2. The summed E-state index contributed by atoms with van der Waals surface area (Å²) in [7, 11) is -2.07. The van der Waals surface area contributed by atoms with Gasteiger partial charge in [0.1, 0.15) is 0 Å². The minimum absolute atomic E-state index is 0.204. The van der Waals surface area contributed by atoms with E-state index in [1.54, 1.807) is 50.4 Å². The Labute approximate surface area is 154 Å². The first-order valence-corrected chi connectivity index (χ1v) is 9.79. The lowest BCUT2D eigenvalue weighted by molar-refractivity contribution is 0.0948. The highest BCUT2D eigenvalue weighted by molar-refractivity contribution is 7.92. The van der Waals surface area contributed by atoms with Crippen molar-refractivity contribution in [2.45, 2.75) is 25.2 Å². The fourth-order valence-electron chi connectivity index (χ4n) is 2.42. The molecule has 0 atom stereocenters. The number of hydrogen-bond donors (Lipinski definition) is 2. The molecule has 0 aromatic heterocycles. The van der Waals surface area contributed by atoms with Gasteiger partial charge >= 0.3 is 0 Å². The van der Waals surface area contributed by atoms with E-state index in [4.69, 9.17) is 4.74 Å². The van der Waals surface area contributed by atoms with Crippen molar-refractivity contribution in [3.05, 3.63) is 59.2 Å². The van der Waals surface area contributed by atoms with Gasteiger partial charge in [0.05, 0.1) is 4.90 Å². The molecule has 1 amide bonds. The van der Waals surface area contributed by atoms with Crippen LogP contribution in [0.15, 0.2) is 47.4 Å². The standard InChI is InChI=1S/C19H24N2O4S/c1-14-5-6-15(2)18(13-14)26(23,24)21-17-9-7-16(8-10-17)19(22)20-11-4-12-25-3/h5-10,13,21H,4,11-12H2,1-3H3,(H,20,22). The van der Waals surface area contributed by atoms with E-state index in [9.17, 15) is 13.2 Å². The third-order valence-electron chi connectivity index (χ3n) is 3.84. The van der Waals surface area contributed by atoms with Gasteiger partial charge in [-0.2, -0.15) is 0 Å². The Morgan fingerprint density at radius 1 is 1.08 bits per heavy atom. The van der Waals surface area contributed by atoms with Crippen LogP contribution in [0.3, 0.4) is 0 Å². The number of carbonyl (C=O) groups excluding carboxylic acids is 1. The summed E-state index contributed by atoms with van der Waals surface area (Å²) >= 11 is 0. The van der Waals surface area contributed by atoms with Crippen LogP contribution in [-0.4, -0.2) is 34.6 Å². The molecule has 0 aliphatic rings. The second kappa shape index (κ2) is 8.82. The molecule has 26 heavy (non-hydrogen) atoms. The van der Waals surface area contributed by atoms with Crippen molar-refractivity contribution in [3.8, 4) is 0 Å². The molecule has 2 aromatic carbocycles. The number of sulfonamides is 1. The fraction of sp³-hybridized carbons (Fsp3) is 0.316. The SMILES string of the molecule is COCCCNC(=O)c1ccc(NS(=O)(=O)c2cc(C)ccc2C)cc1. The van der Waals surface area contributed by atoms with Crippen LogP contribution in [0.4, 0.5) is 5.69 Å². The molecule has 0 unspecified atom stereocenters. The van der Waals surface area contributed by atoms with Crippen LogP contribution in [-0.2, 0) is 14.8 Å². The van der Waals surface area contributed by atoms with Gasteiger partial charge in [0.2, 0.25) is 0 Å². The average molecular weight is 376 g/mol. The molecule has 0 aliphatic carbocycles. The van der Waals surface area contributed by atoms with Crippen molar-refractivity contribution in [3.63, 3.8) is 0 Å². The molecule has 0 radical (unpaired) electrons. The second-order valence-electron chi connectivity index (χ2n) is 6.05. The zero-order valence-corrected chi connectivity index (χ0v) is 16.0. The Morgan fingerprint density at radius 3 is 2.42 bits per heavy atom. The molecule has 7 heteroatoms. The summed E-state index contributed by atoms with van der Waals surface area (Å²) in [4.78, 5) is 12.3. The maximum absolute atomic E-state index is 12.6. The van der Waals surface area contributed by atoms with Crippen LogP contribution in [0.25, 0.3) is 0 Å². The van der Waals surface area contributed by atoms with E-state index in [1.165, 1.54) is 0 Å². The third kappa shape index (κ3) is 5.31. The maximum atomic E-state index is 12.6. The van der Waals surface area contributed by atoms with Crippen molar-refractivity contribution in [1.82, 2.24) is 5.32 Å². The molecule has 2 N–H and O–H groups in total. The Morgan fingerprint density at radius 2 is 1.77 bits per heavy atom. The molecular weight excluding hydrogens is 352 g/mol. The average Bonchev–Trinajstić information content (AvgIpc) is 2.61. The Bertz CT molecular complexity index is 862. The van der Waals surface area contributed by atoms with E-state index >= 15 is 0 Å². The Hall–Kier alpha value is -2.38. The van der Waals surface area contributed by atoms with Gasteiger partial charge in [-0.15, -0.1) is 0 Å². The molecule has 0 spiro atoms. The van der Waals surface area contributed by atoms with E-state index in [2.05, 4.69) is 10.0 Å². The third-order valence-corrected chi connectivity index (χ3v) is 5.37. The summed E-state index contributed by atoms with van der Waals surface area (Å²) < 4.78 is 32.7. The van der Waals surface area contributed by atoms with E-state index in [0.717, 1.165) is 12.0 Å². The fourth-order valence-corrected chi connectivity index (χ4v) is 3.81. The molecule has 0 saturated carbocycles. The summed E-state index contributed by atoms with van der Waals surface area (Å²) in [6.45, 7) is 4.70. The largest absolute Gasteiger partial charge is 0.385 e. The highest BCUT2D eigenvalue weighted by atomic mass is 32.2. The smallest absolute Gasteiger partial charge is 0.262 e. The first kappa shape index (κ1) is 19.9. The van der Waals surface area contributed by atoms with Gasteiger partial charge in [0.15, 0.2) is 0 Å². The quantitative estimate of drug-likeness (QED) is 0.694. The highest BCUT2D eigenvalue weighted by Crippen LogP contribution is 2.21. The monoisotopic (exact) mass is 376 g/mol. The number of ether oxygens (including phenoxy) is 1. The molecular formula is C19H24N2O4S. The Balaban J connectivity index is 2.06. The number of aryl methyl sites for hydroxylation is 2. The van der Waals surface area contributed by atoms with Gasteiger partial charge < -0.3 is 10.1 Å². The van der Waals surface area contributed by atoms with Crippen LogP contribution in [0.5, 0.6) is 0 Å². The summed E-state index contributed by atoms with van der Waals surface area (Å²) in [6, 6.07) is 11.6. The van der Waals surface area contributed by atoms with Gasteiger partial charge in [-0.3, -0.25) is 9.52 Å². The number of amides is 1. The van der Waals surface area contributed by atoms with Gasteiger partial charge in [-0.05, 0) is 61.7 Å². The zero-order chi connectivity index (χ0) is 19.2. The van der Waals surface area contributed by atoms with Gasteiger partial charge in [-0.25, -0.2) is 8.42 Å². The van der Waals surface area contributed by atoms with Crippen LogP contribution < -0.4 is 10.0 Å². The molecule has 0 aliphatic heterocycles. The lowest BCUT2D eigenvalue weighted by Crippen LogP contribution is -2.25. The van der Waals surface area contributed by atoms with Crippen molar-refractivity contribution < 1.29 is 17.9 Å². The van der Waals surface area contributed by atoms with E-state index in [1.807, 2.05) is 13.0 Å². The molecule has 0 fully saturated rings. The molecule has 2 rings (SSSR count). The normalized spacial score (nSPS) is 11.2. The molecule has 0 saturated heterocycles. The number of carbonyl (C=O) groups is 1. The maximum Gasteiger partial charge on any atom is 0.262 e. The van der Waals surface area contributed by atoms with Crippen LogP contribution in [0.1, 0.15) is 27.9 Å². The summed E-state index contributed by atoms with van der Waals surface area (Å²) in [5.41, 5.74) is 2.42. The zero-order valence-electron chi connectivity index (χ0n) is 15.2. The van der Waals surface area contributed by atoms with Crippen LogP contribution >= 0.6 is 0 Å². The molecule has 0 bridgehead atoms. The summed E-state index contributed by atoms with van der Waals surface area (Å²) in [5.74, 6) is -0.204. The number of rotatable bonds is 8. The van der Waals surface area contributed by atoms with Crippen molar-refractivity contribution in [2.24, 2.45) is 0 Å². The second-order valence-corrected chi connectivity index (χ2v) is 7.70. The van der Waals surface area contributed by atoms with Crippen LogP contribution in [0.2, 0.25) is 0 Å². The molecule has 2 aromatic rings. The predicted molar refractivity (Wildman–Crippen MR) is 102 cm³/mol. The molecule has 0 heterocycles. The first-order chi connectivity index (χ1) is 12.3. The van der Waals surface area contributed by atoms with Gasteiger partial charge in [-0.1, -0.05) is 12.1 Å². The molecule has 6 nitrogen and oxygen atoms in total. The van der Waals surface area contributed by atoms with Crippen molar-refractivity contribution in [2.75, 3.05) is 25.0 Å². The lowest BCUT2D eigenvalue weighted by Gasteiger charge is -2.12. The minimum atomic E-state index is -3.68. The topological polar surface area (TPSA) is 84.5 Å². The number of anilines is 1. The highest BCUT2D eigenvalue weighted by Gasteiger charge is 2.17. The van der Waals surface area contributed by atoms with E-state index in [-0.39, 0.29) is 10.8 Å². The number of methoxy groups -OCH3 is 1. The van der Waals surface area contributed by atoms with Crippen LogP contribution in [0, 0.1) is 13.8 Å². The van der Waals surface area contributed by atoms with Gasteiger partial charge in [0, 0.05) is 31.5 Å². The summed E-state index contributed by atoms with van der Waals surface area (Å²) in [5, 5.41) is 2.78. The number of nitrogens with one attached hydrogen (secondary N) is 2. The van der Waals surface area contributed by atoms with E-state index in [0.29, 0.717) is 30.0 Å². The molecule has 140 valence electrons. The predicted octanol–water partition coefficient (Wildman–Crippen LogP) is 2.87. The van der Waals surface area contributed by atoms with Crippen molar-refractivity contribution in [1.29, 1.82) is 0 Å².